The van der Waals surface area contributed by atoms with Crippen molar-refractivity contribution < 1.29 is 38.0 Å². The van der Waals surface area contributed by atoms with Crippen LogP contribution in [-0.2, 0) is 19.6 Å². The number of para-hydroxylation sites is 1. The van der Waals surface area contributed by atoms with Crippen LogP contribution in [0.3, 0.4) is 0 Å². The average molecular weight is 748 g/mol. The number of aliphatic hydroxyl groups excluding tert-OH is 2. The van der Waals surface area contributed by atoms with E-state index in [1.54, 1.807) is 55.7 Å². The van der Waals surface area contributed by atoms with Crippen molar-refractivity contribution in [1.29, 1.82) is 0 Å². The molecular formula is C41H53N3O8S. The number of phenolic OH excluding ortho intramolecular Hbond substituents is 1. The molecule has 2 heterocycles. The number of pyridine rings is 1. The first-order chi connectivity index (χ1) is 25.4. The molecule has 6 atom stereocenters. The van der Waals surface area contributed by atoms with Gasteiger partial charge in [-0.15, -0.1) is 6.58 Å². The van der Waals surface area contributed by atoms with Gasteiger partial charge in [0.2, 0.25) is 15.8 Å². The molecule has 0 spiro atoms. The summed E-state index contributed by atoms with van der Waals surface area (Å²) in [5.74, 6) is -1.79. The van der Waals surface area contributed by atoms with Gasteiger partial charge < -0.3 is 29.6 Å². The molecule has 1 aliphatic heterocycles. The van der Waals surface area contributed by atoms with Crippen LogP contribution >= 0.6 is 0 Å². The van der Waals surface area contributed by atoms with Gasteiger partial charge in [0.1, 0.15) is 22.0 Å². The molecule has 0 radical (unpaired) electrons. The average Bonchev–Trinajstić information content (AvgIpc) is 3.13. The number of likely N-dealkylation sites (N-methyl/N-ethyl adjacent to an activating group) is 1. The smallest absolute Gasteiger partial charge is 0.245 e. The third-order valence-corrected chi connectivity index (χ3v) is 12.7. The predicted molar refractivity (Wildman–Crippen MR) is 204 cm³/mol. The summed E-state index contributed by atoms with van der Waals surface area (Å²) in [5, 5.41) is 35.9. The molecular weight excluding hydrogens is 695 g/mol. The standard InChI is InChI=1S/C41H53N3O8S/c1-6-23-50-41-36(44(5)53(48,49)35-17-11-14-27-15-12-20-42-39(27)35)26-33(43-52-40(2,3)4)31-24-28(13-7-9-21-45)30(16-8-10-22-46)37(38(31)41)32-25-29(47)18-19-34(32)51-41/h6,11-12,14-15,17-20,24-25,28,30,36-38,45-47H,1,7-10,13,16,21-23,26H2,2-5H3/t28-,30+,36-,37+,38+,41+/m0/s1. The number of rotatable bonds is 15. The number of hydrogen-bond acceptors (Lipinski definition) is 10. The summed E-state index contributed by atoms with van der Waals surface area (Å²) < 4.78 is 45.1. The monoisotopic (exact) mass is 747 g/mol. The second-order valence-corrected chi connectivity index (χ2v) is 17.3. The quantitative estimate of drug-likeness (QED) is 0.0878. The molecule has 1 fully saturated rings. The summed E-state index contributed by atoms with van der Waals surface area (Å²) in [6.45, 7) is 9.91. The molecule has 12 heteroatoms. The second-order valence-electron chi connectivity index (χ2n) is 15.4. The maximum Gasteiger partial charge on any atom is 0.245 e. The van der Waals surface area contributed by atoms with Gasteiger partial charge in [-0.2, -0.15) is 4.31 Å². The van der Waals surface area contributed by atoms with Crippen LogP contribution in [-0.4, -0.2) is 83.0 Å². The number of aromatic hydroxyl groups is 1. The Morgan fingerprint density at radius 2 is 1.81 bits per heavy atom. The number of phenols is 1. The lowest BCUT2D eigenvalue weighted by molar-refractivity contribution is -0.250. The minimum atomic E-state index is -4.23. The van der Waals surface area contributed by atoms with Crippen molar-refractivity contribution in [2.75, 3.05) is 26.9 Å². The summed E-state index contributed by atoms with van der Waals surface area (Å²) >= 11 is 0. The molecule has 11 nitrogen and oxygen atoms in total. The fourth-order valence-corrected chi connectivity index (χ4v) is 10.0. The fraction of sp³-hybridized carbons (Fsp3) is 0.512. The van der Waals surface area contributed by atoms with Crippen molar-refractivity contribution in [3.05, 3.63) is 84.6 Å². The van der Waals surface area contributed by atoms with Crippen LogP contribution < -0.4 is 4.74 Å². The van der Waals surface area contributed by atoms with Gasteiger partial charge in [-0.05, 0) is 94.2 Å². The number of fused-ring (bicyclic) bond motifs is 3. The lowest BCUT2D eigenvalue weighted by Gasteiger charge is -2.59. The maximum atomic E-state index is 14.9. The Morgan fingerprint density at radius 3 is 2.53 bits per heavy atom. The number of aromatic nitrogens is 1. The van der Waals surface area contributed by atoms with Crippen LogP contribution in [0.2, 0.25) is 0 Å². The Balaban J connectivity index is 1.61. The molecule has 6 rings (SSSR count). The number of ether oxygens (including phenoxy) is 2. The maximum absolute atomic E-state index is 14.9. The number of oxime groups is 1. The molecule has 2 aromatic carbocycles. The Morgan fingerprint density at radius 1 is 1.08 bits per heavy atom. The summed E-state index contributed by atoms with van der Waals surface area (Å²) in [5.41, 5.74) is 1.99. The molecule has 0 saturated heterocycles. The molecule has 286 valence electrons. The third kappa shape index (κ3) is 7.62. The van der Waals surface area contributed by atoms with Gasteiger partial charge >= 0.3 is 0 Å². The largest absolute Gasteiger partial charge is 0.508 e. The molecule has 3 aromatic rings. The van der Waals surface area contributed by atoms with E-state index in [-0.39, 0.29) is 54.6 Å². The number of nitrogens with zero attached hydrogens (tertiary/aromatic N) is 3. The van der Waals surface area contributed by atoms with E-state index in [0.29, 0.717) is 35.2 Å². The number of aliphatic hydroxyl groups is 2. The van der Waals surface area contributed by atoms with Gasteiger partial charge in [0.15, 0.2) is 0 Å². The van der Waals surface area contributed by atoms with E-state index >= 15 is 0 Å². The Hall–Kier alpha value is -3.81. The lowest BCUT2D eigenvalue weighted by Crippen LogP contribution is -2.69. The number of hydrogen-bond donors (Lipinski definition) is 3. The van der Waals surface area contributed by atoms with E-state index in [0.717, 1.165) is 36.8 Å². The van der Waals surface area contributed by atoms with Gasteiger partial charge in [-0.1, -0.05) is 48.3 Å². The molecule has 0 unspecified atom stereocenters. The Labute approximate surface area is 313 Å². The summed E-state index contributed by atoms with van der Waals surface area (Å²) in [6, 6.07) is 12.8. The summed E-state index contributed by atoms with van der Waals surface area (Å²) in [6.07, 6.45) is 9.98. The van der Waals surface area contributed by atoms with E-state index in [9.17, 15) is 23.7 Å². The van der Waals surface area contributed by atoms with E-state index < -0.39 is 33.4 Å². The predicted octanol–water partition coefficient (Wildman–Crippen LogP) is 6.69. The molecule has 3 N–H and O–H groups in total. The first-order valence-corrected chi connectivity index (χ1v) is 20.1. The SMILES string of the molecule is C=CCO[C@@]12Oc3ccc(O)cc3[C@H]3[C@H](CCCCO)[C@@H](CCCCO)C=C(C(=NOC(C)(C)C)C[C@@H]1N(C)S(=O)(=O)c1cccc4cccnc14)[C@H]32. The minimum Gasteiger partial charge on any atom is -0.508 e. The van der Waals surface area contributed by atoms with Gasteiger partial charge in [0, 0.05) is 49.7 Å². The first-order valence-electron chi connectivity index (χ1n) is 18.6. The van der Waals surface area contributed by atoms with Gasteiger partial charge in [-0.3, -0.25) is 4.98 Å². The number of allylic oxidation sites excluding steroid dienone is 1. The fourth-order valence-electron chi connectivity index (χ4n) is 8.51. The van der Waals surface area contributed by atoms with Gasteiger partial charge in [0.25, 0.3) is 0 Å². The minimum absolute atomic E-state index is 0.00198. The van der Waals surface area contributed by atoms with Crippen LogP contribution in [0.5, 0.6) is 11.5 Å². The number of sulfonamides is 1. The zero-order valence-corrected chi connectivity index (χ0v) is 32.0. The van der Waals surface area contributed by atoms with E-state index in [1.807, 2.05) is 32.9 Å². The van der Waals surface area contributed by atoms with Gasteiger partial charge in [-0.25, -0.2) is 8.42 Å². The highest BCUT2D eigenvalue weighted by molar-refractivity contribution is 7.89. The highest BCUT2D eigenvalue weighted by Gasteiger charge is 2.65. The van der Waals surface area contributed by atoms with Crippen LogP contribution in [0, 0.1) is 17.8 Å². The Kier molecular flexibility index (Phi) is 11.7. The molecule has 53 heavy (non-hydrogen) atoms. The van der Waals surface area contributed by atoms with Gasteiger partial charge in [0.05, 0.1) is 29.8 Å². The Bertz CT molecular complexity index is 1950. The number of unbranched alkanes of at least 4 members (excludes halogenated alkanes) is 2. The van der Waals surface area contributed by atoms with Crippen LogP contribution in [0.25, 0.3) is 10.9 Å². The molecule has 2 aliphatic carbocycles. The normalized spacial score (nSPS) is 26.1. The highest BCUT2D eigenvalue weighted by Crippen LogP contribution is 2.62. The van der Waals surface area contributed by atoms with Crippen LogP contribution in [0.1, 0.15) is 77.2 Å². The molecule has 0 amide bonds. The second kappa shape index (κ2) is 15.9. The molecule has 0 bridgehead atoms. The van der Waals surface area contributed by atoms with Crippen molar-refractivity contribution in [3.8, 4) is 11.5 Å². The van der Waals surface area contributed by atoms with Crippen LogP contribution in [0.4, 0.5) is 0 Å². The van der Waals surface area contributed by atoms with Crippen LogP contribution in [0.15, 0.2) is 89.1 Å². The number of benzene rings is 2. The zero-order chi connectivity index (χ0) is 38.0. The zero-order valence-electron chi connectivity index (χ0n) is 31.1. The van der Waals surface area contributed by atoms with Crippen molar-refractivity contribution in [1.82, 2.24) is 9.29 Å². The summed E-state index contributed by atoms with van der Waals surface area (Å²) in [4.78, 5) is 10.6. The van der Waals surface area contributed by atoms with E-state index in [4.69, 9.17) is 19.5 Å². The lowest BCUT2D eigenvalue weighted by atomic mass is 9.55. The molecule has 1 saturated carbocycles. The van der Waals surface area contributed by atoms with Crippen molar-refractivity contribution >= 4 is 26.6 Å². The van der Waals surface area contributed by atoms with Crippen molar-refractivity contribution in [3.63, 3.8) is 0 Å². The third-order valence-electron chi connectivity index (χ3n) is 10.8. The van der Waals surface area contributed by atoms with E-state index in [2.05, 4.69) is 17.6 Å². The van der Waals surface area contributed by atoms with E-state index in [1.165, 1.54) is 4.31 Å². The summed E-state index contributed by atoms with van der Waals surface area (Å²) in [7, 11) is -2.67. The highest BCUT2D eigenvalue weighted by atomic mass is 32.2. The topological polar surface area (TPSA) is 151 Å². The molecule has 3 aliphatic rings. The van der Waals surface area contributed by atoms with Crippen molar-refractivity contribution in [2.24, 2.45) is 22.9 Å². The first kappa shape index (κ1) is 38.9. The molecule has 1 aromatic heterocycles. The van der Waals surface area contributed by atoms with Crippen molar-refractivity contribution in [2.45, 2.75) is 94.0 Å².